The van der Waals surface area contributed by atoms with E-state index < -0.39 is 36.0 Å². The number of hydrogen-bond acceptors (Lipinski definition) is 2. The van der Waals surface area contributed by atoms with Crippen LogP contribution in [-0.2, 0) is 10.4 Å². The van der Waals surface area contributed by atoms with E-state index in [2.05, 4.69) is 0 Å². The Kier molecular flexibility index (Phi) is 6.04. The molecule has 0 aliphatic carbocycles. The molecule has 0 aliphatic rings. The predicted molar refractivity (Wildman–Crippen MR) is 55.9 cm³/mol. The molecule has 0 amide bonds. The highest BCUT2D eigenvalue weighted by Crippen LogP contribution is 2.35. The molecule has 0 spiro atoms. The Hall–Kier alpha value is -1.54. The Morgan fingerprint density at radius 2 is 1.53 bits per heavy atom. The van der Waals surface area contributed by atoms with Gasteiger partial charge in [-0.25, -0.2) is 22.0 Å². The summed E-state index contributed by atoms with van der Waals surface area (Å²) in [5, 5.41) is 9.57. The zero-order valence-electron chi connectivity index (χ0n) is 9.36. The average Bonchev–Trinajstić information content (AvgIpc) is 2.36. The van der Waals surface area contributed by atoms with Gasteiger partial charge in [0, 0.05) is 0 Å². The number of benzene rings is 1. The summed E-state index contributed by atoms with van der Waals surface area (Å²) in [4.78, 5) is 10.7. The van der Waals surface area contributed by atoms with E-state index in [1.54, 1.807) is 0 Å². The van der Waals surface area contributed by atoms with Gasteiger partial charge in [0.25, 0.3) is 12.9 Å². The lowest BCUT2D eigenvalue weighted by molar-refractivity contribution is -0.170. The second-order valence-corrected chi connectivity index (χ2v) is 3.56. The van der Waals surface area contributed by atoms with Gasteiger partial charge in [0.2, 0.25) is 12.0 Å². The first-order valence-corrected chi connectivity index (χ1v) is 4.83. The maximum atomic E-state index is 13.5. The number of ketones is 1. The van der Waals surface area contributed by atoms with E-state index in [0.29, 0.717) is 0 Å². The topological polar surface area (TPSA) is 68.8 Å². The summed E-state index contributed by atoms with van der Waals surface area (Å²) < 4.78 is 63.1. The van der Waals surface area contributed by atoms with Crippen molar-refractivity contribution in [1.29, 1.82) is 0 Å². The molecule has 1 aromatic rings. The van der Waals surface area contributed by atoms with Crippen molar-refractivity contribution in [2.45, 2.75) is 24.6 Å². The van der Waals surface area contributed by atoms with Gasteiger partial charge in [0.05, 0.1) is 0 Å². The summed E-state index contributed by atoms with van der Waals surface area (Å²) in [7, 11) is 0. The molecular formula is C11H11F5O3. The third-order valence-corrected chi connectivity index (χ3v) is 2.42. The summed E-state index contributed by atoms with van der Waals surface area (Å²) in [6.45, 7) is 0. The van der Waals surface area contributed by atoms with E-state index in [1.807, 2.05) is 0 Å². The molecule has 0 aliphatic heterocycles. The van der Waals surface area contributed by atoms with Crippen molar-refractivity contribution in [1.82, 2.24) is 0 Å². The molecule has 19 heavy (non-hydrogen) atoms. The lowest BCUT2D eigenvalue weighted by Gasteiger charge is -2.30. The van der Waals surface area contributed by atoms with E-state index in [1.165, 1.54) is 18.2 Å². The quantitative estimate of drug-likeness (QED) is 0.833. The van der Waals surface area contributed by atoms with Crippen molar-refractivity contribution < 1.29 is 37.3 Å². The van der Waals surface area contributed by atoms with E-state index in [9.17, 15) is 31.9 Å². The molecule has 0 bridgehead atoms. The van der Waals surface area contributed by atoms with Crippen LogP contribution >= 0.6 is 0 Å². The number of carbonyl (C=O) groups is 1. The Morgan fingerprint density at radius 1 is 1.05 bits per heavy atom. The molecular weight excluding hydrogens is 275 g/mol. The van der Waals surface area contributed by atoms with Crippen LogP contribution < -0.4 is 0 Å². The van der Waals surface area contributed by atoms with E-state index in [0.717, 1.165) is 12.1 Å². The second kappa shape index (κ2) is 6.58. The largest absolute Gasteiger partial charge is 0.412 e. The highest BCUT2D eigenvalue weighted by molar-refractivity contribution is 5.87. The highest BCUT2D eigenvalue weighted by Gasteiger charge is 2.52. The number of rotatable bonds is 5. The van der Waals surface area contributed by atoms with Crippen molar-refractivity contribution in [3.05, 3.63) is 35.9 Å². The number of halogens is 5. The van der Waals surface area contributed by atoms with Crippen molar-refractivity contribution in [2.75, 3.05) is 0 Å². The molecule has 0 saturated heterocycles. The molecule has 2 unspecified atom stereocenters. The summed E-state index contributed by atoms with van der Waals surface area (Å²) in [5.41, 5.74) is -4.21. The number of hydrogen-bond donors (Lipinski definition) is 1. The van der Waals surface area contributed by atoms with E-state index in [-0.39, 0.29) is 5.48 Å². The molecule has 0 heterocycles. The number of Topliss-reactive ketones (excluding diaryl/α,β-unsaturated/α-hetero) is 1. The molecule has 2 atom stereocenters. The standard InChI is InChI=1S/C11H9F5O2.H2O/c12-8(7(17)9(13)14)11(18,10(15)16)6-4-2-1-3-5-6;/h1-5,8-10,18H;1H2. The molecule has 0 radical (unpaired) electrons. The first kappa shape index (κ1) is 17.5. The van der Waals surface area contributed by atoms with Gasteiger partial charge in [0.1, 0.15) is 0 Å². The first-order chi connectivity index (χ1) is 8.31. The lowest BCUT2D eigenvalue weighted by Crippen LogP contribution is -2.49. The minimum atomic E-state index is -3.77. The molecule has 0 saturated carbocycles. The SMILES string of the molecule is O.O=C(C(F)F)C(F)C(O)(c1ccccc1)C(F)F. The molecule has 3 nitrogen and oxygen atoms in total. The maximum absolute atomic E-state index is 13.5. The predicted octanol–water partition coefficient (Wildman–Crippen LogP) is 1.49. The minimum absolute atomic E-state index is 0. The monoisotopic (exact) mass is 286 g/mol. The molecule has 0 fully saturated rings. The van der Waals surface area contributed by atoms with Gasteiger partial charge in [-0.15, -0.1) is 0 Å². The fourth-order valence-corrected chi connectivity index (χ4v) is 1.42. The summed E-state index contributed by atoms with van der Waals surface area (Å²) >= 11 is 0. The molecule has 0 aromatic heterocycles. The van der Waals surface area contributed by atoms with Crippen LogP contribution in [0.2, 0.25) is 0 Å². The van der Waals surface area contributed by atoms with Crippen LogP contribution in [0.5, 0.6) is 0 Å². The fraction of sp³-hybridized carbons (Fsp3) is 0.364. The molecule has 1 rings (SSSR count). The van der Waals surface area contributed by atoms with Gasteiger partial charge in [0.15, 0.2) is 5.60 Å². The van der Waals surface area contributed by atoms with Crippen molar-refractivity contribution in [3.8, 4) is 0 Å². The molecule has 3 N–H and O–H groups in total. The number of alkyl halides is 5. The molecule has 8 heteroatoms. The number of carbonyl (C=O) groups excluding carboxylic acids is 1. The van der Waals surface area contributed by atoms with Crippen LogP contribution in [-0.4, -0.2) is 35.4 Å². The fourth-order valence-electron chi connectivity index (χ4n) is 1.42. The van der Waals surface area contributed by atoms with Crippen LogP contribution in [0.4, 0.5) is 22.0 Å². The Morgan fingerprint density at radius 3 is 1.89 bits per heavy atom. The van der Waals surface area contributed by atoms with Crippen LogP contribution in [0, 0.1) is 0 Å². The average molecular weight is 286 g/mol. The van der Waals surface area contributed by atoms with Gasteiger partial charge in [-0.1, -0.05) is 30.3 Å². The zero-order valence-corrected chi connectivity index (χ0v) is 9.36. The van der Waals surface area contributed by atoms with E-state index in [4.69, 9.17) is 0 Å². The molecule has 1 aromatic carbocycles. The van der Waals surface area contributed by atoms with Crippen molar-refractivity contribution in [2.24, 2.45) is 0 Å². The zero-order chi connectivity index (χ0) is 13.9. The normalized spacial score (nSPS) is 15.8. The highest BCUT2D eigenvalue weighted by atomic mass is 19.3. The summed E-state index contributed by atoms with van der Waals surface area (Å²) in [6.07, 6.45) is -10.9. The minimum Gasteiger partial charge on any atom is -0.412 e. The summed E-state index contributed by atoms with van der Waals surface area (Å²) in [6, 6.07) is 5.68. The number of aliphatic hydroxyl groups is 1. The van der Waals surface area contributed by atoms with Crippen LogP contribution in [0.1, 0.15) is 5.56 Å². The van der Waals surface area contributed by atoms with E-state index >= 15 is 0 Å². The van der Waals surface area contributed by atoms with Gasteiger partial charge in [-0.05, 0) is 5.56 Å². The Bertz CT molecular complexity index is 412. The van der Waals surface area contributed by atoms with Gasteiger partial charge >= 0.3 is 0 Å². The Balaban J connectivity index is 0.00000324. The molecule has 108 valence electrons. The van der Waals surface area contributed by atoms with Crippen LogP contribution in [0.3, 0.4) is 0 Å². The van der Waals surface area contributed by atoms with Gasteiger partial charge < -0.3 is 10.6 Å². The summed E-state index contributed by atoms with van der Waals surface area (Å²) in [5.74, 6) is -2.37. The third-order valence-electron chi connectivity index (χ3n) is 2.42. The van der Waals surface area contributed by atoms with Gasteiger partial charge in [-0.3, -0.25) is 4.79 Å². The smallest absolute Gasteiger partial charge is 0.299 e. The third kappa shape index (κ3) is 3.27. The van der Waals surface area contributed by atoms with Crippen molar-refractivity contribution >= 4 is 5.78 Å². The Labute approximate surface area is 105 Å². The first-order valence-electron chi connectivity index (χ1n) is 4.83. The maximum Gasteiger partial charge on any atom is 0.299 e. The van der Waals surface area contributed by atoms with Crippen LogP contribution in [0.25, 0.3) is 0 Å². The van der Waals surface area contributed by atoms with Crippen molar-refractivity contribution in [3.63, 3.8) is 0 Å². The second-order valence-electron chi connectivity index (χ2n) is 3.56. The van der Waals surface area contributed by atoms with Gasteiger partial charge in [-0.2, -0.15) is 0 Å². The lowest BCUT2D eigenvalue weighted by atomic mass is 9.87. The van der Waals surface area contributed by atoms with Crippen LogP contribution in [0.15, 0.2) is 30.3 Å².